The molecule has 0 saturated heterocycles. The molecule has 0 fully saturated rings. The zero-order valence-corrected chi connectivity index (χ0v) is 12.4. The number of aliphatic hydroxyl groups excluding tert-OH is 1. The van der Waals surface area contributed by atoms with Gasteiger partial charge in [-0.05, 0) is 23.8 Å². The molecule has 0 spiro atoms. The summed E-state index contributed by atoms with van der Waals surface area (Å²) in [5.74, 6) is -1.51. The molecule has 0 bridgehead atoms. The van der Waals surface area contributed by atoms with Crippen molar-refractivity contribution in [2.24, 2.45) is 0 Å². The Balaban J connectivity index is 2.28. The van der Waals surface area contributed by atoms with E-state index in [4.69, 9.17) is 5.11 Å². The van der Waals surface area contributed by atoms with E-state index < -0.39 is 16.9 Å². The minimum Gasteiger partial charge on any atom is -0.395 e. The lowest BCUT2D eigenvalue weighted by Crippen LogP contribution is -2.30. The number of halogens is 2. The van der Waals surface area contributed by atoms with Gasteiger partial charge in [-0.25, -0.2) is 8.78 Å². The van der Waals surface area contributed by atoms with Gasteiger partial charge in [0.2, 0.25) is 5.91 Å². The Morgan fingerprint density at radius 3 is 2.59 bits per heavy atom. The van der Waals surface area contributed by atoms with Crippen molar-refractivity contribution in [1.29, 1.82) is 0 Å². The van der Waals surface area contributed by atoms with Crippen LogP contribution in [0.3, 0.4) is 0 Å². The van der Waals surface area contributed by atoms with Gasteiger partial charge in [0.1, 0.15) is 16.9 Å². The van der Waals surface area contributed by atoms with Gasteiger partial charge in [0.05, 0.1) is 6.61 Å². The molecular formula is C16H15F2NO2S. The summed E-state index contributed by atoms with van der Waals surface area (Å²) < 4.78 is 27.1. The molecular weight excluding hydrogens is 308 g/mol. The highest BCUT2D eigenvalue weighted by atomic mass is 32.2. The van der Waals surface area contributed by atoms with Crippen LogP contribution in [-0.2, 0) is 4.79 Å². The fraction of sp³-hybridized carbons (Fsp3) is 0.188. The number of hydrogen-bond acceptors (Lipinski definition) is 3. The molecule has 1 atom stereocenters. The summed E-state index contributed by atoms with van der Waals surface area (Å²) in [5, 5.41) is 10.6. The zero-order valence-electron chi connectivity index (χ0n) is 11.6. The molecule has 2 N–H and O–H groups in total. The van der Waals surface area contributed by atoms with Crippen LogP contribution in [0.2, 0.25) is 0 Å². The van der Waals surface area contributed by atoms with Gasteiger partial charge in [-0.2, -0.15) is 0 Å². The molecule has 116 valence electrons. The molecule has 2 rings (SSSR count). The van der Waals surface area contributed by atoms with Crippen molar-refractivity contribution in [2.45, 2.75) is 10.1 Å². The second-order valence-electron chi connectivity index (χ2n) is 4.50. The molecule has 0 aliphatic heterocycles. The predicted octanol–water partition coefficient (Wildman–Crippen LogP) is 2.91. The number of aliphatic hydroxyl groups is 1. The third-order valence-corrected chi connectivity index (χ3v) is 4.18. The number of amides is 1. The molecule has 1 unspecified atom stereocenters. The molecule has 6 heteroatoms. The smallest absolute Gasteiger partial charge is 0.238 e. The lowest BCUT2D eigenvalue weighted by Gasteiger charge is -2.17. The van der Waals surface area contributed by atoms with Crippen molar-refractivity contribution in [3.8, 4) is 0 Å². The average molecular weight is 323 g/mol. The van der Waals surface area contributed by atoms with Crippen LogP contribution in [0.25, 0.3) is 0 Å². The standard InChI is InChI=1S/C16H15F2NO2S/c17-12-6-7-13(18)14(10-12)22-15(16(21)19-8-9-20)11-4-2-1-3-5-11/h1-7,10,15,20H,8-9H2,(H,19,21). The Hall–Kier alpha value is -1.92. The highest BCUT2D eigenvalue weighted by molar-refractivity contribution is 8.00. The number of thioether (sulfide) groups is 1. The van der Waals surface area contributed by atoms with Crippen LogP contribution >= 0.6 is 11.8 Å². The van der Waals surface area contributed by atoms with Crippen LogP contribution in [0.5, 0.6) is 0 Å². The van der Waals surface area contributed by atoms with Crippen LogP contribution < -0.4 is 5.32 Å². The van der Waals surface area contributed by atoms with Crippen LogP contribution in [0, 0.1) is 11.6 Å². The Kier molecular flexibility index (Phi) is 5.91. The number of carbonyl (C=O) groups excluding carboxylic acids is 1. The summed E-state index contributed by atoms with van der Waals surface area (Å²) in [5.41, 5.74) is 0.673. The predicted molar refractivity (Wildman–Crippen MR) is 81.5 cm³/mol. The summed E-state index contributed by atoms with van der Waals surface area (Å²) in [6.45, 7) is -0.0827. The van der Waals surface area contributed by atoms with Crippen molar-refractivity contribution < 1.29 is 18.7 Å². The lowest BCUT2D eigenvalue weighted by atomic mass is 10.1. The van der Waals surface area contributed by atoms with Crippen LogP contribution in [0.15, 0.2) is 53.4 Å². The first-order valence-electron chi connectivity index (χ1n) is 6.67. The Morgan fingerprint density at radius 2 is 1.91 bits per heavy atom. The monoisotopic (exact) mass is 323 g/mol. The molecule has 1 amide bonds. The molecule has 0 saturated carbocycles. The molecule has 3 nitrogen and oxygen atoms in total. The van der Waals surface area contributed by atoms with Gasteiger partial charge in [0.15, 0.2) is 0 Å². The summed E-state index contributed by atoms with van der Waals surface area (Å²) in [6, 6.07) is 12.0. The second kappa shape index (κ2) is 7.91. The Bertz CT molecular complexity index is 637. The van der Waals surface area contributed by atoms with Crippen LogP contribution in [0.4, 0.5) is 8.78 Å². The van der Waals surface area contributed by atoms with Gasteiger partial charge < -0.3 is 10.4 Å². The third-order valence-electron chi connectivity index (χ3n) is 2.89. The van der Waals surface area contributed by atoms with E-state index in [1.807, 2.05) is 0 Å². The number of carbonyl (C=O) groups is 1. The zero-order chi connectivity index (χ0) is 15.9. The van der Waals surface area contributed by atoms with Gasteiger partial charge >= 0.3 is 0 Å². The third kappa shape index (κ3) is 4.29. The first-order valence-corrected chi connectivity index (χ1v) is 7.55. The number of benzene rings is 2. The van der Waals surface area contributed by atoms with Gasteiger partial charge in [0.25, 0.3) is 0 Å². The minimum absolute atomic E-state index is 0.0630. The normalized spacial score (nSPS) is 12.0. The van der Waals surface area contributed by atoms with E-state index in [0.29, 0.717) is 5.56 Å². The van der Waals surface area contributed by atoms with Crippen LogP contribution in [-0.4, -0.2) is 24.2 Å². The van der Waals surface area contributed by atoms with E-state index >= 15 is 0 Å². The van der Waals surface area contributed by atoms with Crippen molar-refractivity contribution in [2.75, 3.05) is 13.2 Å². The van der Waals surface area contributed by atoms with Gasteiger partial charge in [-0.1, -0.05) is 30.3 Å². The number of rotatable bonds is 6. The van der Waals surface area contributed by atoms with E-state index in [-0.39, 0.29) is 24.0 Å². The number of hydrogen-bond donors (Lipinski definition) is 2. The lowest BCUT2D eigenvalue weighted by molar-refractivity contribution is -0.120. The van der Waals surface area contributed by atoms with E-state index in [2.05, 4.69) is 5.32 Å². The summed E-state index contributed by atoms with van der Waals surface area (Å²) in [7, 11) is 0. The maximum atomic E-state index is 13.8. The highest BCUT2D eigenvalue weighted by Crippen LogP contribution is 2.37. The van der Waals surface area contributed by atoms with Crippen molar-refractivity contribution in [3.05, 3.63) is 65.7 Å². The van der Waals surface area contributed by atoms with E-state index in [9.17, 15) is 13.6 Å². The first-order chi connectivity index (χ1) is 10.6. The average Bonchev–Trinajstić information content (AvgIpc) is 2.54. The second-order valence-corrected chi connectivity index (χ2v) is 5.64. The molecule has 0 aliphatic rings. The summed E-state index contributed by atoms with van der Waals surface area (Å²) >= 11 is 0.932. The summed E-state index contributed by atoms with van der Waals surface area (Å²) in [6.07, 6.45) is 0. The Labute approximate surface area is 131 Å². The van der Waals surface area contributed by atoms with Gasteiger partial charge in [0, 0.05) is 11.4 Å². The van der Waals surface area contributed by atoms with E-state index in [1.54, 1.807) is 30.3 Å². The van der Waals surface area contributed by atoms with Gasteiger partial charge in [-0.3, -0.25) is 4.79 Å². The molecule has 0 heterocycles. The topological polar surface area (TPSA) is 49.3 Å². The van der Waals surface area contributed by atoms with E-state index in [0.717, 1.165) is 30.0 Å². The highest BCUT2D eigenvalue weighted by Gasteiger charge is 2.23. The fourth-order valence-electron chi connectivity index (χ4n) is 1.87. The van der Waals surface area contributed by atoms with Crippen molar-refractivity contribution >= 4 is 17.7 Å². The number of nitrogens with one attached hydrogen (secondary N) is 1. The fourth-order valence-corrected chi connectivity index (χ4v) is 2.97. The molecule has 0 aliphatic carbocycles. The largest absolute Gasteiger partial charge is 0.395 e. The quantitative estimate of drug-likeness (QED) is 0.804. The molecule has 0 radical (unpaired) electrons. The first kappa shape index (κ1) is 16.5. The molecule has 0 aromatic heterocycles. The molecule has 2 aromatic rings. The maximum absolute atomic E-state index is 13.8. The van der Waals surface area contributed by atoms with E-state index in [1.165, 1.54) is 0 Å². The van der Waals surface area contributed by atoms with Crippen LogP contribution in [0.1, 0.15) is 10.8 Å². The molecule has 2 aromatic carbocycles. The van der Waals surface area contributed by atoms with Crippen molar-refractivity contribution in [1.82, 2.24) is 5.32 Å². The molecule has 22 heavy (non-hydrogen) atoms. The SMILES string of the molecule is O=C(NCCO)C(Sc1cc(F)ccc1F)c1ccccc1. The van der Waals surface area contributed by atoms with Crippen molar-refractivity contribution in [3.63, 3.8) is 0 Å². The summed E-state index contributed by atoms with van der Waals surface area (Å²) in [4.78, 5) is 12.3. The van der Waals surface area contributed by atoms with Gasteiger partial charge in [-0.15, -0.1) is 11.8 Å². The maximum Gasteiger partial charge on any atom is 0.238 e. The minimum atomic E-state index is -0.732. The Morgan fingerprint density at radius 1 is 1.18 bits per heavy atom.